The van der Waals surface area contributed by atoms with Crippen LogP contribution in [0, 0.1) is 11.6 Å². The molecule has 1 amide bonds. The minimum Gasteiger partial charge on any atom is -0.484 e. The van der Waals surface area contributed by atoms with Crippen molar-refractivity contribution in [2.24, 2.45) is 0 Å². The Kier molecular flexibility index (Phi) is 4.60. The molecule has 152 valence electrons. The van der Waals surface area contributed by atoms with E-state index in [2.05, 4.69) is 9.97 Å². The molecule has 1 fully saturated rings. The van der Waals surface area contributed by atoms with Crippen molar-refractivity contribution < 1.29 is 27.4 Å². The Morgan fingerprint density at radius 2 is 2.00 bits per heavy atom. The molecular formula is C20H18F3N3O3. The fourth-order valence-electron chi connectivity index (χ4n) is 3.18. The van der Waals surface area contributed by atoms with Gasteiger partial charge in [0.25, 0.3) is 0 Å². The average molecular weight is 405 g/mol. The quantitative estimate of drug-likeness (QED) is 0.670. The Hall–Kier alpha value is -3.23. The van der Waals surface area contributed by atoms with Crippen LogP contribution in [-0.4, -0.2) is 34.9 Å². The second-order valence-electron chi connectivity index (χ2n) is 7.39. The van der Waals surface area contributed by atoms with Crippen LogP contribution in [0.25, 0.3) is 11.0 Å². The molecule has 0 radical (unpaired) electrons. The van der Waals surface area contributed by atoms with E-state index < -0.39 is 41.8 Å². The molecule has 0 spiro atoms. The number of hydrogen-bond acceptors (Lipinski definition) is 4. The lowest BCUT2D eigenvalue weighted by Crippen LogP contribution is -2.27. The van der Waals surface area contributed by atoms with Gasteiger partial charge in [-0.3, -0.25) is 4.90 Å². The summed E-state index contributed by atoms with van der Waals surface area (Å²) < 4.78 is 52.7. The van der Waals surface area contributed by atoms with Gasteiger partial charge >= 0.3 is 6.09 Å². The maximum Gasteiger partial charge on any atom is 0.415 e. The van der Waals surface area contributed by atoms with Crippen molar-refractivity contribution in [3.63, 3.8) is 0 Å². The molecule has 0 bridgehead atoms. The van der Waals surface area contributed by atoms with E-state index in [4.69, 9.17) is 9.47 Å². The number of ether oxygens (including phenoxy) is 2. The van der Waals surface area contributed by atoms with E-state index >= 15 is 0 Å². The smallest absolute Gasteiger partial charge is 0.415 e. The number of fused-ring (bicyclic) bond motifs is 1. The summed E-state index contributed by atoms with van der Waals surface area (Å²) in [5, 5.41) is 0. The number of anilines is 1. The van der Waals surface area contributed by atoms with Gasteiger partial charge in [-0.05, 0) is 49.7 Å². The number of imidazole rings is 1. The lowest BCUT2D eigenvalue weighted by atomic mass is 10.0. The maximum absolute atomic E-state index is 14.5. The van der Waals surface area contributed by atoms with Gasteiger partial charge in [0.15, 0.2) is 17.4 Å². The maximum atomic E-state index is 14.5. The Balaban J connectivity index is 1.66. The van der Waals surface area contributed by atoms with Crippen LogP contribution in [0.15, 0.2) is 36.7 Å². The SMILES string of the molecule is CC(C)(F)COc1c(F)cc([C@H]2COC(=O)N2c2ccc3nc[nH]c3c2)cc1F. The lowest BCUT2D eigenvalue weighted by Gasteiger charge is -2.23. The zero-order chi connectivity index (χ0) is 20.8. The molecule has 4 rings (SSSR count). The second-order valence-corrected chi connectivity index (χ2v) is 7.39. The van der Waals surface area contributed by atoms with Crippen molar-refractivity contribution >= 4 is 22.8 Å². The first-order valence-electron chi connectivity index (χ1n) is 8.93. The van der Waals surface area contributed by atoms with Gasteiger partial charge in [0.2, 0.25) is 0 Å². The van der Waals surface area contributed by atoms with Crippen LogP contribution in [-0.2, 0) is 4.74 Å². The largest absolute Gasteiger partial charge is 0.484 e. The summed E-state index contributed by atoms with van der Waals surface area (Å²) in [7, 11) is 0. The topological polar surface area (TPSA) is 67.5 Å². The number of cyclic esters (lactones) is 1. The third-order valence-electron chi connectivity index (χ3n) is 4.52. The first kappa shape index (κ1) is 19.1. The molecule has 29 heavy (non-hydrogen) atoms. The number of aromatic nitrogens is 2. The van der Waals surface area contributed by atoms with Gasteiger partial charge in [0.1, 0.15) is 18.9 Å². The molecule has 2 heterocycles. The Morgan fingerprint density at radius 1 is 1.28 bits per heavy atom. The van der Waals surface area contributed by atoms with Crippen molar-refractivity contribution in [1.29, 1.82) is 0 Å². The number of aromatic amines is 1. The molecule has 0 saturated carbocycles. The molecule has 3 aromatic rings. The van der Waals surface area contributed by atoms with E-state index in [0.717, 1.165) is 12.1 Å². The number of carbonyl (C=O) groups is 1. The standard InChI is InChI=1S/C20H18F3N3O3/c1-20(2,23)9-29-18-13(21)5-11(6-14(18)22)17-8-28-19(27)26(17)12-3-4-15-16(7-12)25-10-24-15/h3-7,10,17H,8-9H2,1-2H3,(H,24,25)/t17-/m1/s1. The monoisotopic (exact) mass is 405 g/mol. The fraction of sp³-hybridized carbons (Fsp3) is 0.300. The molecule has 9 heteroatoms. The second kappa shape index (κ2) is 6.98. The first-order valence-corrected chi connectivity index (χ1v) is 8.93. The number of H-pyrrole nitrogens is 1. The van der Waals surface area contributed by atoms with E-state index in [1.165, 1.54) is 25.1 Å². The van der Waals surface area contributed by atoms with Crippen molar-refractivity contribution in [2.75, 3.05) is 18.1 Å². The normalized spacial score (nSPS) is 17.1. The van der Waals surface area contributed by atoms with Crippen LogP contribution in [0.3, 0.4) is 0 Å². The molecule has 1 aliphatic heterocycles. The Labute approximate surface area is 164 Å². The van der Waals surface area contributed by atoms with Gasteiger partial charge in [-0.15, -0.1) is 0 Å². The number of alkyl halides is 1. The Bertz CT molecular complexity index is 1050. The molecule has 0 aliphatic carbocycles. The molecular weight excluding hydrogens is 387 g/mol. The van der Waals surface area contributed by atoms with Crippen LogP contribution in [0.1, 0.15) is 25.5 Å². The van der Waals surface area contributed by atoms with Gasteiger partial charge in [-0.1, -0.05) is 0 Å². The summed E-state index contributed by atoms with van der Waals surface area (Å²) in [5.41, 5.74) is 0.367. The summed E-state index contributed by atoms with van der Waals surface area (Å²) in [5.74, 6) is -2.62. The number of rotatable bonds is 5. The molecule has 0 unspecified atom stereocenters. The molecule has 1 aliphatic rings. The summed E-state index contributed by atoms with van der Waals surface area (Å²) in [6.45, 7) is 1.91. The number of benzene rings is 2. The van der Waals surface area contributed by atoms with E-state index in [0.29, 0.717) is 16.7 Å². The van der Waals surface area contributed by atoms with Gasteiger partial charge in [-0.25, -0.2) is 22.9 Å². The summed E-state index contributed by atoms with van der Waals surface area (Å²) in [6, 6.07) is 6.50. The van der Waals surface area contributed by atoms with Crippen LogP contribution in [0.4, 0.5) is 23.7 Å². The molecule has 1 N–H and O–H groups in total. The van der Waals surface area contributed by atoms with Crippen molar-refractivity contribution in [2.45, 2.75) is 25.6 Å². The van der Waals surface area contributed by atoms with E-state index in [-0.39, 0.29) is 12.2 Å². The van der Waals surface area contributed by atoms with E-state index in [9.17, 15) is 18.0 Å². The van der Waals surface area contributed by atoms with Crippen molar-refractivity contribution in [3.05, 3.63) is 53.9 Å². The number of carbonyl (C=O) groups excluding carboxylic acids is 1. The predicted molar refractivity (Wildman–Crippen MR) is 99.7 cm³/mol. The summed E-state index contributed by atoms with van der Waals surface area (Å²) in [6.07, 6.45) is 0.894. The van der Waals surface area contributed by atoms with Crippen LogP contribution >= 0.6 is 0 Å². The van der Waals surface area contributed by atoms with Crippen LogP contribution < -0.4 is 9.64 Å². The zero-order valence-corrected chi connectivity index (χ0v) is 15.7. The highest BCUT2D eigenvalue weighted by Gasteiger charge is 2.36. The molecule has 1 aromatic heterocycles. The van der Waals surface area contributed by atoms with E-state index in [1.54, 1.807) is 18.2 Å². The third kappa shape index (κ3) is 3.72. The first-order chi connectivity index (χ1) is 13.7. The number of nitrogens with zero attached hydrogens (tertiary/aromatic N) is 2. The predicted octanol–water partition coefficient (Wildman–Crippen LogP) is 4.67. The van der Waals surface area contributed by atoms with Gasteiger partial charge < -0.3 is 14.5 Å². The van der Waals surface area contributed by atoms with Gasteiger partial charge in [-0.2, -0.15) is 0 Å². The van der Waals surface area contributed by atoms with Gasteiger partial charge in [0.05, 0.1) is 29.1 Å². The molecule has 1 atom stereocenters. The number of amides is 1. The minimum absolute atomic E-state index is 0.0730. The molecule has 1 saturated heterocycles. The average Bonchev–Trinajstić information content (AvgIpc) is 3.25. The van der Waals surface area contributed by atoms with Crippen LogP contribution in [0.5, 0.6) is 5.75 Å². The summed E-state index contributed by atoms with van der Waals surface area (Å²) >= 11 is 0. The Morgan fingerprint density at radius 3 is 2.69 bits per heavy atom. The number of hydrogen-bond donors (Lipinski definition) is 1. The third-order valence-corrected chi connectivity index (χ3v) is 4.52. The van der Waals surface area contributed by atoms with Gasteiger partial charge in [0, 0.05) is 0 Å². The fourth-order valence-corrected chi connectivity index (χ4v) is 3.18. The van der Waals surface area contributed by atoms with Crippen LogP contribution in [0.2, 0.25) is 0 Å². The number of nitrogens with one attached hydrogen (secondary N) is 1. The van der Waals surface area contributed by atoms with E-state index in [1.807, 2.05) is 0 Å². The summed E-state index contributed by atoms with van der Waals surface area (Å²) in [4.78, 5) is 20.7. The van der Waals surface area contributed by atoms with Crippen molar-refractivity contribution in [1.82, 2.24) is 9.97 Å². The highest BCUT2D eigenvalue weighted by molar-refractivity contribution is 5.93. The molecule has 2 aromatic carbocycles. The highest BCUT2D eigenvalue weighted by atomic mass is 19.1. The minimum atomic E-state index is -1.74. The zero-order valence-electron chi connectivity index (χ0n) is 15.7. The highest BCUT2D eigenvalue weighted by Crippen LogP contribution is 2.36. The number of halogens is 3. The molecule has 6 nitrogen and oxygen atoms in total. The van der Waals surface area contributed by atoms with Crippen molar-refractivity contribution in [3.8, 4) is 5.75 Å². The lowest BCUT2D eigenvalue weighted by molar-refractivity contribution is 0.114.